The normalized spacial score (nSPS) is 36.7. The van der Waals surface area contributed by atoms with Gasteiger partial charge < -0.3 is 21.2 Å². The zero-order valence-corrected chi connectivity index (χ0v) is 13.1. The molecule has 2 fully saturated rings. The fourth-order valence-electron chi connectivity index (χ4n) is 4.08. The number of nitrogens with one attached hydrogen (secondary N) is 2. The molecule has 120 valence electrons. The Morgan fingerprint density at radius 2 is 2.14 bits per heavy atom. The molecule has 2 amide bonds. The summed E-state index contributed by atoms with van der Waals surface area (Å²) in [5.74, 6) is 1.26. The number of likely N-dealkylation sites (tertiary alicyclic amines) is 1. The summed E-state index contributed by atoms with van der Waals surface area (Å²) in [4.78, 5) is 13.9. The Hall–Kier alpha value is -1.24. The van der Waals surface area contributed by atoms with E-state index in [4.69, 9.17) is 0 Å². The van der Waals surface area contributed by atoms with E-state index in [0.717, 1.165) is 12.8 Å². The third-order valence-electron chi connectivity index (χ3n) is 4.86. The molecule has 0 aromatic heterocycles. The lowest BCUT2D eigenvalue weighted by molar-refractivity contribution is 0.208. The highest BCUT2D eigenvalue weighted by molar-refractivity contribution is 5.85. The Kier molecular flexibility index (Phi) is 5.67. The Morgan fingerprint density at radius 3 is 2.81 bits per heavy atom. The number of hydrogen-bond donors (Lipinski definition) is 3. The van der Waals surface area contributed by atoms with E-state index in [9.17, 15) is 9.90 Å². The van der Waals surface area contributed by atoms with Crippen LogP contribution >= 0.6 is 12.4 Å². The Bertz CT molecular complexity index is 455. The maximum absolute atomic E-state index is 11.5. The van der Waals surface area contributed by atoms with Gasteiger partial charge in [-0.3, -0.25) is 4.90 Å². The SMILES string of the molecule is CNC(=O)NC1CCC2C3C=C(O)C=CC3N(C)C12.Cl.O. The molecule has 0 aromatic rings. The number of aliphatic hydroxyl groups is 1. The van der Waals surface area contributed by atoms with Crippen molar-refractivity contribution in [3.8, 4) is 0 Å². The molecule has 1 aliphatic heterocycles. The van der Waals surface area contributed by atoms with E-state index in [1.54, 1.807) is 13.1 Å². The number of amides is 2. The first-order valence-corrected chi connectivity index (χ1v) is 6.91. The van der Waals surface area contributed by atoms with Crippen LogP contribution in [0, 0.1) is 11.8 Å². The van der Waals surface area contributed by atoms with Crippen molar-refractivity contribution in [2.75, 3.05) is 14.1 Å². The summed E-state index contributed by atoms with van der Waals surface area (Å²) in [5, 5.41) is 15.4. The van der Waals surface area contributed by atoms with Gasteiger partial charge in [-0.05, 0) is 38.0 Å². The first-order chi connectivity index (χ1) is 9.11. The van der Waals surface area contributed by atoms with Crippen LogP contribution in [0.2, 0.25) is 0 Å². The average Bonchev–Trinajstić information content (AvgIpc) is 2.91. The van der Waals surface area contributed by atoms with Crippen LogP contribution in [0.1, 0.15) is 12.8 Å². The fraction of sp³-hybridized carbons (Fsp3) is 0.643. The maximum atomic E-state index is 11.5. The van der Waals surface area contributed by atoms with Gasteiger partial charge in [0.25, 0.3) is 0 Å². The van der Waals surface area contributed by atoms with Gasteiger partial charge in [-0.1, -0.05) is 6.08 Å². The molecular weight excluding hydrogens is 294 g/mol. The van der Waals surface area contributed by atoms with E-state index < -0.39 is 0 Å². The zero-order chi connectivity index (χ0) is 13.6. The highest BCUT2D eigenvalue weighted by atomic mass is 35.5. The quantitative estimate of drug-likeness (QED) is 0.661. The number of carbonyl (C=O) groups excluding carboxylic acids is 1. The summed E-state index contributed by atoms with van der Waals surface area (Å²) in [6, 6.07) is 0.798. The van der Waals surface area contributed by atoms with Gasteiger partial charge in [0, 0.05) is 31.1 Å². The molecule has 3 aliphatic rings. The molecule has 0 aromatic carbocycles. The molecule has 6 nitrogen and oxygen atoms in total. The standard InChI is InChI=1S/C14H21N3O2.ClH.H2O/c1-15-14(19)16-11-5-4-9-10-7-8(18)3-6-12(10)17(2)13(9)11;;/h3,6-7,9-13,18H,4-5H2,1-2H3,(H2,15,16,19);1H;1H2. The van der Waals surface area contributed by atoms with E-state index in [1.165, 1.54) is 0 Å². The van der Waals surface area contributed by atoms with Gasteiger partial charge in [0.2, 0.25) is 0 Å². The van der Waals surface area contributed by atoms with Crippen molar-refractivity contribution in [2.45, 2.75) is 31.0 Å². The molecule has 2 aliphatic carbocycles. The largest absolute Gasteiger partial charge is 0.508 e. The summed E-state index contributed by atoms with van der Waals surface area (Å²) in [6.07, 6.45) is 7.94. The average molecular weight is 318 g/mol. The lowest BCUT2D eigenvalue weighted by Crippen LogP contribution is -2.50. The molecule has 0 spiro atoms. The molecule has 7 heteroatoms. The number of allylic oxidation sites excluding steroid dienone is 1. The van der Waals surface area contributed by atoms with Crippen molar-refractivity contribution in [3.63, 3.8) is 0 Å². The van der Waals surface area contributed by atoms with Crippen LogP contribution < -0.4 is 10.6 Å². The van der Waals surface area contributed by atoms with Gasteiger partial charge >= 0.3 is 6.03 Å². The van der Waals surface area contributed by atoms with E-state index in [2.05, 4.69) is 28.7 Å². The van der Waals surface area contributed by atoms with Crippen LogP contribution in [0.25, 0.3) is 0 Å². The van der Waals surface area contributed by atoms with Gasteiger partial charge in [-0.15, -0.1) is 12.4 Å². The smallest absolute Gasteiger partial charge is 0.314 e. The van der Waals surface area contributed by atoms with Crippen molar-refractivity contribution in [1.29, 1.82) is 0 Å². The van der Waals surface area contributed by atoms with Crippen molar-refractivity contribution < 1.29 is 15.4 Å². The van der Waals surface area contributed by atoms with Crippen molar-refractivity contribution in [1.82, 2.24) is 15.5 Å². The van der Waals surface area contributed by atoms with Gasteiger partial charge in [-0.2, -0.15) is 0 Å². The number of hydrogen-bond acceptors (Lipinski definition) is 3. The van der Waals surface area contributed by atoms with Crippen LogP contribution in [0.15, 0.2) is 24.0 Å². The van der Waals surface area contributed by atoms with Crippen molar-refractivity contribution in [2.24, 2.45) is 11.8 Å². The maximum Gasteiger partial charge on any atom is 0.314 e. The number of fused-ring (bicyclic) bond motifs is 3. The highest BCUT2D eigenvalue weighted by Gasteiger charge is 2.52. The van der Waals surface area contributed by atoms with Crippen LogP contribution in [0.3, 0.4) is 0 Å². The van der Waals surface area contributed by atoms with Crippen LogP contribution in [-0.4, -0.2) is 53.7 Å². The molecule has 5 unspecified atom stereocenters. The van der Waals surface area contributed by atoms with Crippen molar-refractivity contribution in [3.05, 3.63) is 24.0 Å². The molecule has 5 N–H and O–H groups in total. The number of aliphatic hydroxyl groups excluding tert-OH is 1. The summed E-state index contributed by atoms with van der Waals surface area (Å²) in [6.45, 7) is 0. The van der Waals surface area contributed by atoms with Crippen molar-refractivity contribution >= 4 is 18.4 Å². The molecule has 21 heavy (non-hydrogen) atoms. The minimum Gasteiger partial charge on any atom is -0.508 e. The predicted octanol–water partition coefficient (Wildman–Crippen LogP) is 0.602. The number of nitrogens with zero attached hydrogens (tertiary/aromatic N) is 1. The zero-order valence-electron chi connectivity index (χ0n) is 12.2. The van der Waals surface area contributed by atoms with E-state index >= 15 is 0 Å². The second-order valence-electron chi connectivity index (χ2n) is 5.75. The first kappa shape index (κ1) is 17.8. The van der Waals surface area contributed by atoms with Gasteiger partial charge in [0.05, 0.1) is 0 Å². The predicted molar refractivity (Wildman–Crippen MR) is 83.6 cm³/mol. The summed E-state index contributed by atoms with van der Waals surface area (Å²) >= 11 is 0. The summed E-state index contributed by atoms with van der Waals surface area (Å²) < 4.78 is 0. The minimum atomic E-state index is -0.108. The molecule has 0 bridgehead atoms. The summed E-state index contributed by atoms with van der Waals surface area (Å²) in [7, 11) is 3.76. The molecule has 0 radical (unpaired) electrons. The number of rotatable bonds is 1. The van der Waals surface area contributed by atoms with Crippen LogP contribution in [-0.2, 0) is 0 Å². The topological polar surface area (TPSA) is 96.1 Å². The number of urea groups is 1. The van der Waals surface area contributed by atoms with Crippen LogP contribution in [0.4, 0.5) is 4.79 Å². The molecule has 1 saturated heterocycles. The first-order valence-electron chi connectivity index (χ1n) is 6.91. The number of carbonyl (C=O) groups is 1. The monoisotopic (exact) mass is 317 g/mol. The number of halogens is 1. The third kappa shape index (κ3) is 2.88. The lowest BCUT2D eigenvalue weighted by atomic mass is 9.85. The molecule has 1 heterocycles. The third-order valence-corrected chi connectivity index (χ3v) is 4.86. The van der Waals surface area contributed by atoms with Crippen LogP contribution in [0.5, 0.6) is 0 Å². The van der Waals surface area contributed by atoms with E-state index in [0.29, 0.717) is 29.7 Å². The molecular formula is C14H24ClN3O3. The molecule has 5 atom stereocenters. The van der Waals surface area contributed by atoms with E-state index in [-0.39, 0.29) is 30.0 Å². The van der Waals surface area contributed by atoms with Gasteiger partial charge in [0.15, 0.2) is 0 Å². The Morgan fingerprint density at radius 1 is 1.43 bits per heavy atom. The van der Waals surface area contributed by atoms with Gasteiger partial charge in [0.1, 0.15) is 5.76 Å². The minimum absolute atomic E-state index is 0. The van der Waals surface area contributed by atoms with Gasteiger partial charge in [-0.25, -0.2) is 4.79 Å². The van der Waals surface area contributed by atoms with E-state index in [1.807, 2.05) is 6.08 Å². The highest BCUT2D eigenvalue weighted by Crippen LogP contribution is 2.46. The Balaban J connectivity index is 0.00000110. The number of likely N-dealkylation sites (N-methyl/N-ethyl adjacent to an activating group) is 1. The lowest BCUT2D eigenvalue weighted by Gasteiger charge is -2.29. The molecule has 3 rings (SSSR count). The second-order valence-corrected chi connectivity index (χ2v) is 5.75. The second kappa shape index (κ2) is 6.68. The molecule has 1 saturated carbocycles. The Labute approximate surface area is 131 Å². The fourth-order valence-corrected chi connectivity index (χ4v) is 4.08. The summed E-state index contributed by atoms with van der Waals surface area (Å²) in [5.41, 5.74) is 0.